The molecule has 0 bridgehead atoms. The van der Waals surface area contributed by atoms with Gasteiger partial charge in [-0.05, 0) is 29.8 Å². The van der Waals surface area contributed by atoms with Crippen LogP contribution in [0.3, 0.4) is 0 Å². The van der Waals surface area contributed by atoms with E-state index in [0.717, 1.165) is 5.56 Å². The SMILES string of the molecule is O=C(NCc1ccco1)c1cc2n(n1)CCN(Cc1cccc(Cl)c1)C2=O. The van der Waals surface area contributed by atoms with Crippen molar-refractivity contribution in [2.45, 2.75) is 19.6 Å². The smallest absolute Gasteiger partial charge is 0.272 e. The first-order valence-corrected chi connectivity index (χ1v) is 8.90. The molecule has 138 valence electrons. The summed E-state index contributed by atoms with van der Waals surface area (Å²) < 4.78 is 6.77. The van der Waals surface area contributed by atoms with Crippen molar-refractivity contribution in [3.8, 4) is 0 Å². The van der Waals surface area contributed by atoms with Crippen molar-refractivity contribution in [2.75, 3.05) is 6.54 Å². The molecule has 27 heavy (non-hydrogen) atoms. The Morgan fingerprint density at radius 2 is 2.11 bits per heavy atom. The molecule has 0 saturated heterocycles. The van der Waals surface area contributed by atoms with Crippen molar-refractivity contribution in [1.82, 2.24) is 20.0 Å². The van der Waals surface area contributed by atoms with Gasteiger partial charge in [-0.15, -0.1) is 0 Å². The molecule has 1 aromatic carbocycles. The Kier molecular flexibility index (Phi) is 4.68. The van der Waals surface area contributed by atoms with E-state index in [1.165, 1.54) is 6.07 Å². The molecular weight excluding hydrogens is 368 g/mol. The predicted molar refractivity (Wildman–Crippen MR) is 98.3 cm³/mol. The van der Waals surface area contributed by atoms with Crippen LogP contribution < -0.4 is 5.32 Å². The van der Waals surface area contributed by atoms with E-state index in [2.05, 4.69) is 10.4 Å². The molecule has 8 heteroatoms. The summed E-state index contributed by atoms with van der Waals surface area (Å²) in [7, 11) is 0. The zero-order valence-corrected chi connectivity index (χ0v) is 15.1. The monoisotopic (exact) mass is 384 g/mol. The van der Waals surface area contributed by atoms with Gasteiger partial charge >= 0.3 is 0 Å². The lowest BCUT2D eigenvalue weighted by Crippen LogP contribution is -2.39. The Morgan fingerprint density at radius 1 is 1.22 bits per heavy atom. The average Bonchev–Trinajstić information content (AvgIpc) is 3.32. The third-order valence-corrected chi connectivity index (χ3v) is 4.60. The summed E-state index contributed by atoms with van der Waals surface area (Å²) in [6.45, 7) is 1.79. The zero-order valence-electron chi connectivity index (χ0n) is 14.4. The fourth-order valence-electron chi connectivity index (χ4n) is 3.03. The molecule has 0 radical (unpaired) electrons. The average molecular weight is 385 g/mol. The van der Waals surface area contributed by atoms with Crippen molar-refractivity contribution in [2.24, 2.45) is 0 Å². The number of fused-ring (bicyclic) bond motifs is 1. The maximum atomic E-state index is 12.8. The minimum absolute atomic E-state index is 0.154. The second kappa shape index (κ2) is 7.28. The number of nitrogens with one attached hydrogen (secondary N) is 1. The van der Waals surface area contributed by atoms with Gasteiger partial charge < -0.3 is 14.6 Å². The molecule has 0 unspecified atom stereocenters. The fraction of sp³-hybridized carbons (Fsp3) is 0.211. The lowest BCUT2D eigenvalue weighted by molar-refractivity contribution is 0.0683. The molecule has 3 aromatic rings. The van der Waals surface area contributed by atoms with Crippen LogP contribution in [0, 0.1) is 0 Å². The van der Waals surface area contributed by atoms with Gasteiger partial charge in [-0.2, -0.15) is 5.10 Å². The third-order valence-electron chi connectivity index (χ3n) is 4.37. The largest absolute Gasteiger partial charge is 0.467 e. The van der Waals surface area contributed by atoms with E-state index in [1.54, 1.807) is 34.0 Å². The number of aromatic nitrogens is 2. The molecule has 2 amide bonds. The Balaban J connectivity index is 1.45. The minimum atomic E-state index is -0.345. The number of furan rings is 1. The highest BCUT2D eigenvalue weighted by Gasteiger charge is 2.28. The molecule has 7 nitrogen and oxygen atoms in total. The Hall–Kier alpha value is -3.06. The molecule has 1 N–H and O–H groups in total. The predicted octanol–water partition coefficient (Wildman–Crippen LogP) is 2.72. The van der Waals surface area contributed by atoms with Gasteiger partial charge in [0.05, 0.1) is 19.4 Å². The highest BCUT2D eigenvalue weighted by Crippen LogP contribution is 2.18. The maximum absolute atomic E-state index is 12.8. The van der Waals surface area contributed by atoms with E-state index in [9.17, 15) is 9.59 Å². The van der Waals surface area contributed by atoms with Gasteiger partial charge in [0, 0.05) is 24.2 Å². The second-order valence-electron chi connectivity index (χ2n) is 6.26. The van der Waals surface area contributed by atoms with Gasteiger partial charge in [0.1, 0.15) is 11.5 Å². The van der Waals surface area contributed by atoms with Gasteiger partial charge in [0.15, 0.2) is 5.69 Å². The Labute approximate surface area is 160 Å². The van der Waals surface area contributed by atoms with E-state index >= 15 is 0 Å². The van der Waals surface area contributed by atoms with Crippen molar-refractivity contribution in [3.63, 3.8) is 0 Å². The first kappa shape index (κ1) is 17.4. The normalized spacial score (nSPS) is 13.5. The minimum Gasteiger partial charge on any atom is -0.467 e. The first-order valence-electron chi connectivity index (χ1n) is 8.52. The molecule has 1 aliphatic heterocycles. The van der Waals surface area contributed by atoms with E-state index in [4.69, 9.17) is 16.0 Å². The van der Waals surface area contributed by atoms with Crippen LogP contribution in [0.1, 0.15) is 32.3 Å². The summed E-state index contributed by atoms with van der Waals surface area (Å²) in [5.74, 6) is 0.150. The number of carbonyl (C=O) groups is 2. The van der Waals surface area contributed by atoms with E-state index in [0.29, 0.717) is 36.1 Å². The lowest BCUT2D eigenvalue weighted by Gasteiger charge is -2.27. The second-order valence-corrected chi connectivity index (χ2v) is 6.69. The molecule has 4 rings (SSSR count). The molecule has 0 aliphatic carbocycles. The van der Waals surface area contributed by atoms with Crippen LogP contribution in [0.2, 0.25) is 5.02 Å². The van der Waals surface area contributed by atoms with Gasteiger partial charge in [-0.3, -0.25) is 14.3 Å². The standard InChI is InChI=1S/C19H17ClN4O3/c20-14-4-1-3-13(9-14)12-23-6-7-24-17(19(23)26)10-16(22-24)18(25)21-11-15-5-2-8-27-15/h1-5,8-10H,6-7,11-12H2,(H,21,25). The molecule has 2 aromatic heterocycles. The van der Waals surface area contributed by atoms with Crippen LogP contribution in [0.25, 0.3) is 0 Å². The van der Waals surface area contributed by atoms with Gasteiger partial charge in [-0.25, -0.2) is 0 Å². The molecule has 0 fully saturated rings. The first-order chi connectivity index (χ1) is 13.1. The highest BCUT2D eigenvalue weighted by atomic mass is 35.5. The molecule has 0 atom stereocenters. The van der Waals surface area contributed by atoms with Crippen LogP contribution in [-0.4, -0.2) is 33.0 Å². The van der Waals surface area contributed by atoms with Crippen molar-refractivity contribution >= 4 is 23.4 Å². The third kappa shape index (κ3) is 3.73. The van der Waals surface area contributed by atoms with Gasteiger partial charge in [0.25, 0.3) is 11.8 Å². The van der Waals surface area contributed by atoms with Gasteiger partial charge in [0.2, 0.25) is 0 Å². The summed E-state index contributed by atoms with van der Waals surface area (Å²) >= 11 is 6.02. The zero-order chi connectivity index (χ0) is 18.8. The number of benzene rings is 1. The quantitative estimate of drug-likeness (QED) is 0.733. The van der Waals surface area contributed by atoms with Crippen LogP contribution in [0.15, 0.2) is 53.1 Å². The highest BCUT2D eigenvalue weighted by molar-refractivity contribution is 6.30. The van der Waals surface area contributed by atoms with E-state index in [-0.39, 0.29) is 24.1 Å². The fourth-order valence-corrected chi connectivity index (χ4v) is 3.24. The Bertz CT molecular complexity index is 981. The maximum Gasteiger partial charge on any atom is 0.272 e. The van der Waals surface area contributed by atoms with Crippen LogP contribution >= 0.6 is 11.6 Å². The lowest BCUT2D eigenvalue weighted by atomic mass is 10.2. The Morgan fingerprint density at radius 3 is 2.89 bits per heavy atom. The number of rotatable bonds is 5. The van der Waals surface area contributed by atoms with Crippen LogP contribution in [0.4, 0.5) is 0 Å². The molecule has 1 aliphatic rings. The van der Waals surface area contributed by atoms with Crippen LogP contribution in [-0.2, 0) is 19.6 Å². The van der Waals surface area contributed by atoms with Crippen molar-refractivity contribution < 1.29 is 14.0 Å². The van der Waals surface area contributed by atoms with Crippen molar-refractivity contribution in [3.05, 3.63) is 76.5 Å². The topological polar surface area (TPSA) is 80.4 Å². The summed E-state index contributed by atoms with van der Waals surface area (Å²) in [5.41, 5.74) is 1.58. The number of carbonyl (C=O) groups excluding carboxylic acids is 2. The summed E-state index contributed by atoms with van der Waals surface area (Å²) in [6, 6.07) is 12.5. The number of halogens is 1. The van der Waals surface area contributed by atoms with E-state index < -0.39 is 0 Å². The number of hydrogen-bond acceptors (Lipinski definition) is 4. The van der Waals surface area contributed by atoms with Crippen molar-refractivity contribution in [1.29, 1.82) is 0 Å². The number of hydrogen-bond donors (Lipinski definition) is 1. The summed E-state index contributed by atoms with van der Waals surface area (Å²) in [5, 5.41) is 7.63. The number of nitrogens with zero attached hydrogens (tertiary/aromatic N) is 3. The molecule has 0 spiro atoms. The molecule has 0 saturated carbocycles. The molecule has 3 heterocycles. The molecular formula is C19H17ClN4O3. The van der Waals surface area contributed by atoms with Gasteiger partial charge in [-0.1, -0.05) is 23.7 Å². The number of amides is 2. The van der Waals surface area contributed by atoms with Crippen LogP contribution in [0.5, 0.6) is 0 Å². The summed E-state index contributed by atoms with van der Waals surface area (Å²) in [4.78, 5) is 26.8. The summed E-state index contributed by atoms with van der Waals surface area (Å²) in [6.07, 6.45) is 1.55. The van der Waals surface area contributed by atoms with E-state index in [1.807, 2.05) is 18.2 Å².